The Morgan fingerprint density at radius 1 is 1.40 bits per heavy atom. The molecule has 106 valence electrons. The predicted molar refractivity (Wildman–Crippen MR) is 75.2 cm³/mol. The number of esters is 1. The molecule has 1 fully saturated rings. The standard InChI is InChI=1S/C15H19N3O2/c1-12(19)20-14-4-2-13(3-5-14)15(6-7-16)18-10-8-17-9-11-18/h2-5,15,17H,6,8-11H2,1H3/t15-/m1/s1. The van der Waals surface area contributed by atoms with Crippen LogP contribution in [0.4, 0.5) is 0 Å². The van der Waals surface area contributed by atoms with Crippen molar-refractivity contribution in [3.05, 3.63) is 29.8 Å². The van der Waals surface area contributed by atoms with E-state index in [2.05, 4.69) is 16.3 Å². The van der Waals surface area contributed by atoms with Gasteiger partial charge < -0.3 is 10.1 Å². The monoisotopic (exact) mass is 273 g/mol. The van der Waals surface area contributed by atoms with Crippen LogP contribution < -0.4 is 10.1 Å². The SMILES string of the molecule is CC(=O)Oc1ccc([C@@H](CC#N)N2CCNCC2)cc1. The first-order valence-electron chi connectivity index (χ1n) is 6.81. The van der Waals surface area contributed by atoms with Crippen molar-refractivity contribution in [1.29, 1.82) is 5.26 Å². The van der Waals surface area contributed by atoms with Crippen molar-refractivity contribution in [1.82, 2.24) is 10.2 Å². The lowest BCUT2D eigenvalue weighted by molar-refractivity contribution is -0.131. The number of nitrogens with zero attached hydrogens (tertiary/aromatic N) is 2. The van der Waals surface area contributed by atoms with Crippen LogP contribution in [0.2, 0.25) is 0 Å². The summed E-state index contributed by atoms with van der Waals surface area (Å²) in [6.45, 7) is 5.17. The fraction of sp³-hybridized carbons (Fsp3) is 0.467. The molecule has 2 rings (SSSR count). The summed E-state index contributed by atoms with van der Waals surface area (Å²) in [5.41, 5.74) is 1.09. The normalized spacial score (nSPS) is 17.2. The lowest BCUT2D eigenvalue weighted by Crippen LogP contribution is -2.45. The van der Waals surface area contributed by atoms with Gasteiger partial charge in [0.1, 0.15) is 5.75 Å². The maximum absolute atomic E-state index is 10.9. The molecule has 1 saturated heterocycles. The molecule has 1 aromatic carbocycles. The Hall–Kier alpha value is -1.90. The van der Waals surface area contributed by atoms with Crippen molar-refractivity contribution in [3.63, 3.8) is 0 Å². The fourth-order valence-corrected chi connectivity index (χ4v) is 2.46. The van der Waals surface area contributed by atoms with E-state index in [4.69, 9.17) is 10.00 Å². The van der Waals surface area contributed by atoms with Gasteiger partial charge in [-0.15, -0.1) is 0 Å². The van der Waals surface area contributed by atoms with Crippen LogP contribution in [0, 0.1) is 11.3 Å². The number of carbonyl (C=O) groups excluding carboxylic acids is 1. The Morgan fingerprint density at radius 3 is 2.60 bits per heavy atom. The van der Waals surface area contributed by atoms with Crippen LogP contribution in [-0.2, 0) is 4.79 Å². The van der Waals surface area contributed by atoms with Gasteiger partial charge in [0.2, 0.25) is 0 Å². The largest absolute Gasteiger partial charge is 0.427 e. The molecule has 1 N–H and O–H groups in total. The van der Waals surface area contributed by atoms with Gasteiger partial charge in [0, 0.05) is 39.1 Å². The Morgan fingerprint density at radius 2 is 2.05 bits per heavy atom. The average molecular weight is 273 g/mol. The molecule has 1 aliphatic rings. The van der Waals surface area contributed by atoms with Crippen molar-refractivity contribution < 1.29 is 9.53 Å². The maximum Gasteiger partial charge on any atom is 0.308 e. The van der Waals surface area contributed by atoms with E-state index in [1.807, 2.05) is 12.1 Å². The molecule has 0 spiro atoms. The summed E-state index contributed by atoms with van der Waals surface area (Å²) < 4.78 is 5.03. The summed E-state index contributed by atoms with van der Waals surface area (Å²) in [5, 5.41) is 12.4. The predicted octanol–water partition coefficient (Wildman–Crippen LogP) is 1.47. The third-order valence-electron chi connectivity index (χ3n) is 3.40. The Balaban J connectivity index is 2.12. The van der Waals surface area contributed by atoms with Crippen LogP contribution in [0.1, 0.15) is 24.9 Å². The first kappa shape index (κ1) is 14.5. The van der Waals surface area contributed by atoms with Crippen molar-refractivity contribution in [2.24, 2.45) is 0 Å². The maximum atomic E-state index is 10.9. The molecule has 0 radical (unpaired) electrons. The molecule has 1 aromatic rings. The molecule has 1 aliphatic heterocycles. The van der Waals surface area contributed by atoms with Gasteiger partial charge in [0.15, 0.2) is 0 Å². The highest BCUT2D eigenvalue weighted by atomic mass is 16.5. The zero-order valence-electron chi connectivity index (χ0n) is 11.6. The van der Waals surface area contributed by atoms with Crippen LogP contribution in [0.15, 0.2) is 24.3 Å². The highest BCUT2D eigenvalue weighted by Crippen LogP contribution is 2.26. The fourth-order valence-electron chi connectivity index (χ4n) is 2.46. The first-order chi connectivity index (χ1) is 9.70. The van der Waals surface area contributed by atoms with Crippen LogP contribution in [0.3, 0.4) is 0 Å². The van der Waals surface area contributed by atoms with E-state index in [9.17, 15) is 4.79 Å². The number of ether oxygens (including phenoxy) is 1. The second kappa shape index (κ2) is 7.04. The van der Waals surface area contributed by atoms with Crippen LogP contribution in [-0.4, -0.2) is 37.0 Å². The zero-order valence-corrected chi connectivity index (χ0v) is 11.6. The zero-order chi connectivity index (χ0) is 14.4. The quantitative estimate of drug-likeness (QED) is 0.665. The molecule has 1 heterocycles. The summed E-state index contributed by atoms with van der Waals surface area (Å²) in [7, 11) is 0. The van der Waals surface area contributed by atoms with E-state index < -0.39 is 0 Å². The minimum absolute atomic E-state index is 0.105. The summed E-state index contributed by atoms with van der Waals surface area (Å²) in [4.78, 5) is 13.2. The lowest BCUT2D eigenvalue weighted by Gasteiger charge is -2.34. The molecular formula is C15H19N3O2. The average Bonchev–Trinajstić information content (AvgIpc) is 2.46. The first-order valence-corrected chi connectivity index (χ1v) is 6.81. The van der Waals surface area contributed by atoms with Crippen molar-refractivity contribution in [2.45, 2.75) is 19.4 Å². The van der Waals surface area contributed by atoms with Crippen molar-refractivity contribution in [2.75, 3.05) is 26.2 Å². The molecule has 0 amide bonds. The summed E-state index contributed by atoms with van der Waals surface area (Å²) in [6.07, 6.45) is 0.465. The Kier molecular flexibility index (Phi) is 5.10. The highest BCUT2D eigenvalue weighted by Gasteiger charge is 2.21. The molecule has 20 heavy (non-hydrogen) atoms. The van der Waals surface area contributed by atoms with E-state index in [1.165, 1.54) is 6.92 Å². The molecule has 5 nitrogen and oxygen atoms in total. The van der Waals surface area contributed by atoms with E-state index >= 15 is 0 Å². The van der Waals surface area contributed by atoms with Gasteiger partial charge in [-0.1, -0.05) is 12.1 Å². The van der Waals surface area contributed by atoms with Gasteiger partial charge in [-0.3, -0.25) is 9.69 Å². The van der Waals surface area contributed by atoms with Crippen LogP contribution in [0.5, 0.6) is 5.75 Å². The number of rotatable bonds is 4. The minimum atomic E-state index is -0.326. The number of piperazine rings is 1. The van der Waals surface area contributed by atoms with Gasteiger partial charge in [-0.25, -0.2) is 0 Å². The van der Waals surface area contributed by atoms with Crippen molar-refractivity contribution >= 4 is 5.97 Å². The molecule has 0 unspecified atom stereocenters. The molecule has 0 bridgehead atoms. The lowest BCUT2D eigenvalue weighted by atomic mass is 10.0. The smallest absolute Gasteiger partial charge is 0.308 e. The van der Waals surface area contributed by atoms with Gasteiger partial charge in [-0.2, -0.15) is 5.26 Å². The number of nitrogens with one attached hydrogen (secondary N) is 1. The third-order valence-corrected chi connectivity index (χ3v) is 3.40. The van der Waals surface area contributed by atoms with E-state index in [0.717, 1.165) is 31.7 Å². The molecule has 5 heteroatoms. The molecule has 1 atom stereocenters. The van der Waals surface area contributed by atoms with Crippen LogP contribution in [0.25, 0.3) is 0 Å². The molecular weight excluding hydrogens is 254 g/mol. The molecule has 0 saturated carbocycles. The number of hydrogen-bond acceptors (Lipinski definition) is 5. The van der Waals surface area contributed by atoms with Crippen molar-refractivity contribution in [3.8, 4) is 11.8 Å². The summed E-state index contributed by atoms with van der Waals surface area (Å²) in [6, 6.07) is 9.80. The summed E-state index contributed by atoms with van der Waals surface area (Å²) >= 11 is 0. The third kappa shape index (κ3) is 3.80. The Bertz CT molecular complexity index is 487. The van der Waals surface area contributed by atoms with Gasteiger partial charge in [0.05, 0.1) is 12.5 Å². The Labute approximate surface area is 119 Å². The topological polar surface area (TPSA) is 65.4 Å². The number of hydrogen-bond donors (Lipinski definition) is 1. The molecule has 0 aliphatic carbocycles. The van der Waals surface area contributed by atoms with Gasteiger partial charge >= 0.3 is 5.97 Å². The second-order valence-electron chi connectivity index (χ2n) is 4.83. The number of nitriles is 1. The summed E-state index contributed by atoms with van der Waals surface area (Å²) in [5.74, 6) is 0.214. The number of carbonyl (C=O) groups is 1. The molecule has 0 aromatic heterocycles. The van der Waals surface area contributed by atoms with Gasteiger partial charge in [-0.05, 0) is 17.7 Å². The van der Waals surface area contributed by atoms with Gasteiger partial charge in [0.25, 0.3) is 0 Å². The second-order valence-corrected chi connectivity index (χ2v) is 4.83. The van der Waals surface area contributed by atoms with E-state index in [0.29, 0.717) is 12.2 Å². The minimum Gasteiger partial charge on any atom is -0.427 e. The van der Waals surface area contributed by atoms with E-state index in [1.54, 1.807) is 12.1 Å². The van der Waals surface area contributed by atoms with Crippen LogP contribution >= 0.6 is 0 Å². The highest BCUT2D eigenvalue weighted by molar-refractivity contribution is 5.69. The van der Waals surface area contributed by atoms with E-state index in [-0.39, 0.29) is 12.0 Å². The number of benzene rings is 1.